The Morgan fingerprint density at radius 2 is 2.25 bits per heavy atom. The first kappa shape index (κ1) is 7.92. The highest BCUT2D eigenvalue weighted by molar-refractivity contribution is 4.44. The summed E-state index contributed by atoms with van der Waals surface area (Å²) in [4.78, 5) is 0. The van der Waals surface area contributed by atoms with Gasteiger partial charge in [-0.3, -0.25) is 0 Å². The van der Waals surface area contributed by atoms with Gasteiger partial charge in [-0.2, -0.15) is 0 Å². The summed E-state index contributed by atoms with van der Waals surface area (Å²) in [6, 6.07) is 0. The predicted molar refractivity (Wildman–Crippen MR) is 32.7 cm³/mol. The molecule has 50 valence electrons. The highest BCUT2D eigenvalue weighted by Crippen LogP contribution is 1.91. The molecule has 0 aromatic heterocycles. The summed E-state index contributed by atoms with van der Waals surface area (Å²) >= 11 is 0. The summed E-state index contributed by atoms with van der Waals surface area (Å²) in [6.07, 6.45) is 0. The van der Waals surface area contributed by atoms with E-state index in [0.29, 0.717) is 6.61 Å². The van der Waals surface area contributed by atoms with Crippen molar-refractivity contribution >= 4 is 0 Å². The molecule has 0 rings (SSSR count). The Morgan fingerprint density at radius 1 is 1.62 bits per heavy atom. The number of rotatable bonds is 4. The number of hydrogen-bond donors (Lipinski definition) is 1. The fourth-order valence-corrected chi connectivity index (χ4v) is 0.372. The van der Waals surface area contributed by atoms with Gasteiger partial charge in [-0.05, 0) is 6.92 Å². The highest BCUT2D eigenvalue weighted by Gasteiger charge is 1.96. The second kappa shape index (κ2) is 5.06. The average molecular weight is 118 g/mol. The normalized spacial score (nSPS) is 13.9. The fraction of sp³-hybridized carbons (Fsp3) is 1.00. The number of hydrogen-bond acceptors (Lipinski definition) is 2. The van der Waals surface area contributed by atoms with Crippen molar-refractivity contribution in [1.29, 1.82) is 0 Å². The summed E-state index contributed by atoms with van der Waals surface area (Å²) in [5, 5.41) is 8.48. The van der Waals surface area contributed by atoms with Crippen LogP contribution in [0, 0.1) is 5.92 Å². The minimum atomic E-state index is 0.222. The van der Waals surface area contributed by atoms with E-state index in [-0.39, 0.29) is 12.5 Å². The molecule has 0 radical (unpaired) electrons. The van der Waals surface area contributed by atoms with Crippen LogP contribution in [0.4, 0.5) is 0 Å². The Labute approximate surface area is 50.5 Å². The minimum absolute atomic E-state index is 0.222. The lowest BCUT2D eigenvalue weighted by Gasteiger charge is -2.05. The van der Waals surface area contributed by atoms with E-state index in [1.807, 2.05) is 13.8 Å². The highest BCUT2D eigenvalue weighted by atomic mass is 16.5. The van der Waals surface area contributed by atoms with Crippen LogP contribution in [0.15, 0.2) is 0 Å². The third-order valence-electron chi connectivity index (χ3n) is 0.918. The molecule has 0 unspecified atom stereocenters. The summed E-state index contributed by atoms with van der Waals surface area (Å²) in [5.74, 6) is 0.287. The molecular formula is C6H14O2. The van der Waals surface area contributed by atoms with E-state index in [2.05, 4.69) is 0 Å². The zero-order valence-corrected chi connectivity index (χ0v) is 5.55. The second-order valence-electron chi connectivity index (χ2n) is 1.95. The van der Waals surface area contributed by atoms with Gasteiger partial charge >= 0.3 is 0 Å². The zero-order valence-electron chi connectivity index (χ0n) is 5.55. The van der Waals surface area contributed by atoms with Gasteiger partial charge < -0.3 is 9.84 Å². The van der Waals surface area contributed by atoms with Crippen LogP contribution in [-0.2, 0) is 4.74 Å². The molecule has 1 atom stereocenters. The van der Waals surface area contributed by atoms with E-state index in [1.165, 1.54) is 0 Å². The van der Waals surface area contributed by atoms with Crippen molar-refractivity contribution < 1.29 is 9.84 Å². The molecule has 0 aromatic carbocycles. The van der Waals surface area contributed by atoms with E-state index in [4.69, 9.17) is 9.84 Å². The van der Waals surface area contributed by atoms with Gasteiger partial charge in [-0.15, -0.1) is 0 Å². The van der Waals surface area contributed by atoms with Gasteiger partial charge in [0.1, 0.15) is 0 Å². The molecule has 0 aliphatic heterocycles. The smallest absolute Gasteiger partial charge is 0.0513 e. The molecule has 0 heterocycles. The molecule has 0 aromatic rings. The van der Waals surface area contributed by atoms with Gasteiger partial charge in [-0.1, -0.05) is 6.92 Å². The average Bonchev–Trinajstić information content (AvgIpc) is 1.83. The van der Waals surface area contributed by atoms with Gasteiger partial charge in [-0.25, -0.2) is 0 Å². The maximum Gasteiger partial charge on any atom is 0.0513 e. The van der Waals surface area contributed by atoms with Gasteiger partial charge in [0.25, 0.3) is 0 Å². The first-order valence-electron chi connectivity index (χ1n) is 2.99. The van der Waals surface area contributed by atoms with E-state index >= 15 is 0 Å². The first-order valence-corrected chi connectivity index (χ1v) is 2.99. The van der Waals surface area contributed by atoms with Crippen LogP contribution in [0.25, 0.3) is 0 Å². The topological polar surface area (TPSA) is 29.5 Å². The summed E-state index contributed by atoms with van der Waals surface area (Å²) < 4.78 is 5.03. The molecule has 0 aliphatic rings. The van der Waals surface area contributed by atoms with Crippen LogP contribution in [-0.4, -0.2) is 24.9 Å². The van der Waals surface area contributed by atoms with Crippen LogP contribution in [0.2, 0.25) is 0 Å². The summed E-state index contributed by atoms with van der Waals surface area (Å²) in [5.41, 5.74) is 0. The Hall–Kier alpha value is -0.0800. The van der Waals surface area contributed by atoms with Crippen molar-refractivity contribution in [3.8, 4) is 0 Å². The Bertz CT molecular complexity index is 45.8. The largest absolute Gasteiger partial charge is 0.396 e. The van der Waals surface area contributed by atoms with Crippen molar-refractivity contribution in [3.05, 3.63) is 0 Å². The van der Waals surface area contributed by atoms with Crippen molar-refractivity contribution in [2.24, 2.45) is 5.92 Å². The van der Waals surface area contributed by atoms with Gasteiger partial charge in [0, 0.05) is 19.1 Å². The van der Waals surface area contributed by atoms with E-state index in [0.717, 1.165) is 6.61 Å². The van der Waals surface area contributed by atoms with Gasteiger partial charge in [0.15, 0.2) is 0 Å². The minimum Gasteiger partial charge on any atom is -0.396 e. The second-order valence-corrected chi connectivity index (χ2v) is 1.95. The monoisotopic (exact) mass is 118 g/mol. The van der Waals surface area contributed by atoms with E-state index in [1.54, 1.807) is 0 Å². The van der Waals surface area contributed by atoms with Crippen molar-refractivity contribution in [3.63, 3.8) is 0 Å². The lowest BCUT2D eigenvalue weighted by molar-refractivity contribution is 0.0885. The molecule has 2 heteroatoms. The maximum absolute atomic E-state index is 8.48. The lowest BCUT2D eigenvalue weighted by atomic mass is 10.2. The Kier molecular flexibility index (Phi) is 5.01. The molecule has 0 saturated heterocycles. The molecule has 8 heavy (non-hydrogen) atoms. The van der Waals surface area contributed by atoms with Crippen LogP contribution in [0.5, 0.6) is 0 Å². The predicted octanol–water partition coefficient (Wildman–Crippen LogP) is 0.651. The first-order chi connectivity index (χ1) is 3.81. The quantitative estimate of drug-likeness (QED) is 0.587. The van der Waals surface area contributed by atoms with Crippen LogP contribution in [0.3, 0.4) is 0 Å². The third-order valence-corrected chi connectivity index (χ3v) is 0.918. The molecule has 0 aliphatic carbocycles. The molecular weight excluding hydrogens is 104 g/mol. The van der Waals surface area contributed by atoms with Crippen molar-refractivity contribution in [2.45, 2.75) is 13.8 Å². The SMILES string of the molecule is CCOC[C@H](C)CO. The number of aliphatic hydroxyl groups is 1. The standard InChI is InChI=1S/C6H14O2/c1-3-8-5-6(2)4-7/h6-7H,3-5H2,1-2H3/t6-/m1/s1. The van der Waals surface area contributed by atoms with Gasteiger partial charge in [0.2, 0.25) is 0 Å². The van der Waals surface area contributed by atoms with E-state index in [9.17, 15) is 0 Å². The van der Waals surface area contributed by atoms with E-state index < -0.39 is 0 Å². The van der Waals surface area contributed by atoms with Crippen LogP contribution in [0.1, 0.15) is 13.8 Å². The van der Waals surface area contributed by atoms with Crippen molar-refractivity contribution in [1.82, 2.24) is 0 Å². The number of aliphatic hydroxyl groups excluding tert-OH is 1. The molecule has 2 nitrogen and oxygen atoms in total. The third kappa shape index (κ3) is 4.09. The zero-order chi connectivity index (χ0) is 6.41. The molecule has 1 N–H and O–H groups in total. The summed E-state index contributed by atoms with van der Waals surface area (Å²) in [7, 11) is 0. The van der Waals surface area contributed by atoms with Gasteiger partial charge in [0.05, 0.1) is 6.61 Å². The Balaban J connectivity index is 2.86. The molecule has 0 amide bonds. The fourth-order valence-electron chi connectivity index (χ4n) is 0.372. The maximum atomic E-state index is 8.48. The van der Waals surface area contributed by atoms with Crippen LogP contribution >= 0.6 is 0 Å². The molecule has 0 saturated carbocycles. The number of ether oxygens (including phenoxy) is 1. The molecule has 0 fully saturated rings. The Morgan fingerprint density at radius 3 is 2.62 bits per heavy atom. The van der Waals surface area contributed by atoms with Crippen LogP contribution < -0.4 is 0 Å². The molecule has 0 bridgehead atoms. The lowest BCUT2D eigenvalue weighted by Crippen LogP contribution is -2.09. The van der Waals surface area contributed by atoms with Crippen molar-refractivity contribution in [2.75, 3.05) is 19.8 Å². The summed E-state index contributed by atoms with van der Waals surface area (Å²) in [6.45, 7) is 5.54. The molecule has 0 spiro atoms.